The van der Waals surface area contributed by atoms with Crippen molar-refractivity contribution in [2.45, 2.75) is 213 Å². The van der Waals surface area contributed by atoms with E-state index in [4.69, 9.17) is 5.73 Å². The van der Waals surface area contributed by atoms with Gasteiger partial charge >= 0.3 is 0 Å². The Balaban J connectivity index is 3.78. The fraction of sp³-hybridized carbons (Fsp3) is 0.854. The van der Waals surface area contributed by atoms with E-state index in [1.807, 2.05) is 0 Å². The Morgan fingerprint density at radius 3 is 1.35 bits per heavy atom. The van der Waals surface area contributed by atoms with Crippen LogP contribution >= 0.6 is 0 Å². The molecule has 0 spiro atoms. The zero-order chi connectivity index (χ0) is 33.6. The van der Waals surface area contributed by atoms with Crippen molar-refractivity contribution in [2.24, 2.45) is 5.73 Å². The largest absolute Gasteiger partial charge is 0.354 e. The third-order valence-corrected chi connectivity index (χ3v) is 9.00. The van der Waals surface area contributed by atoms with Crippen molar-refractivity contribution in [3.8, 4) is 0 Å². The fourth-order valence-corrected chi connectivity index (χ4v) is 5.92. The molecule has 0 aliphatic carbocycles. The third-order valence-electron chi connectivity index (χ3n) is 9.00. The van der Waals surface area contributed by atoms with E-state index in [1.54, 1.807) is 0 Å². The standard InChI is InChI=1S/C41H79N3O2/c1-3-5-7-9-11-13-15-17-19-21-23-25-27-29-31-33-38-43-41(46)39(35-34-37-42)44-40(45)36-32-30-28-26-24-22-20-18-16-14-12-10-8-6-4-2/h17-20,39H,3-16,21-38,42H2,1-2H3,(H,43,46)(H,44,45)/b19-17-,20-18-. The molecule has 4 N–H and O–H groups in total. The molecular formula is C41H79N3O2. The Kier molecular flexibility index (Phi) is 36.5. The lowest BCUT2D eigenvalue weighted by Crippen LogP contribution is -2.47. The van der Waals surface area contributed by atoms with Crippen LogP contribution in [0.5, 0.6) is 0 Å². The number of nitrogens with two attached hydrogens (primary N) is 1. The predicted molar refractivity (Wildman–Crippen MR) is 202 cm³/mol. The van der Waals surface area contributed by atoms with E-state index in [-0.39, 0.29) is 11.8 Å². The minimum atomic E-state index is -0.465. The number of nitrogens with one attached hydrogen (secondary N) is 2. The summed E-state index contributed by atoms with van der Waals surface area (Å²) >= 11 is 0. The van der Waals surface area contributed by atoms with Gasteiger partial charge in [-0.25, -0.2) is 0 Å². The van der Waals surface area contributed by atoms with Crippen LogP contribution in [0.2, 0.25) is 0 Å². The summed E-state index contributed by atoms with van der Waals surface area (Å²) in [5.74, 6) is -0.0638. The van der Waals surface area contributed by atoms with E-state index in [2.05, 4.69) is 48.8 Å². The maximum atomic E-state index is 12.8. The molecule has 5 heteroatoms. The Morgan fingerprint density at radius 1 is 0.522 bits per heavy atom. The summed E-state index contributed by atoms with van der Waals surface area (Å²) in [7, 11) is 0. The number of allylic oxidation sites excluding steroid dienone is 4. The first kappa shape index (κ1) is 44.4. The van der Waals surface area contributed by atoms with Crippen LogP contribution < -0.4 is 16.4 Å². The first-order valence-electron chi connectivity index (χ1n) is 20.2. The van der Waals surface area contributed by atoms with E-state index in [0.717, 1.165) is 32.1 Å². The molecule has 0 aliphatic rings. The Bertz CT molecular complexity index is 706. The summed E-state index contributed by atoms with van der Waals surface area (Å²) < 4.78 is 0. The molecule has 0 saturated heterocycles. The van der Waals surface area contributed by atoms with Gasteiger partial charge in [0.25, 0.3) is 0 Å². The number of amides is 2. The summed E-state index contributed by atoms with van der Waals surface area (Å²) in [6.45, 7) is 5.75. The van der Waals surface area contributed by atoms with Crippen molar-refractivity contribution >= 4 is 11.8 Å². The molecular weight excluding hydrogens is 566 g/mol. The quantitative estimate of drug-likeness (QED) is 0.0468. The van der Waals surface area contributed by atoms with Gasteiger partial charge in [-0.3, -0.25) is 9.59 Å². The number of rotatable bonds is 36. The van der Waals surface area contributed by atoms with Gasteiger partial charge in [0.2, 0.25) is 11.8 Å². The molecule has 0 bridgehead atoms. The SMILES string of the molecule is CCCCCCCC/C=C\CCCCCCCCNC(=O)C(CCCN)NC(=O)CCCCCCC/C=C\CCCCCCCC. The van der Waals surface area contributed by atoms with Crippen molar-refractivity contribution in [3.63, 3.8) is 0 Å². The second-order valence-electron chi connectivity index (χ2n) is 13.6. The van der Waals surface area contributed by atoms with Crippen LogP contribution in [0.15, 0.2) is 24.3 Å². The lowest BCUT2D eigenvalue weighted by molar-refractivity contribution is -0.129. The van der Waals surface area contributed by atoms with E-state index in [1.165, 1.54) is 148 Å². The van der Waals surface area contributed by atoms with Crippen molar-refractivity contribution in [1.82, 2.24) is 10.6 Å². The second-order valence-corrected chi connectivity index (χ2v) is 13.6. The highest BCUT2D eigenvalue weighted by molar-refractivity contribution is 5.87. The van der Waals surface area contributed by atoms with Crippen LogP contribution in [-0.4, -0.2) is 30.9 Å². The lowest BCUT2D eigenvalue weighted by Gasteiger charge is -2.18. The zero-order valence-corrected chi connectivity index (χ0v) is 30.9. The summed E-state index contributed by atoms with van der Waals surface area (Å²) in [5.41, 5.74) is 5.70. The number of hydrogen-bond donors (Lipinski definition) is 3. The lowest BCUT2D eigenvalue weighted by atomic mass is 10.1. The van der Waals surface area contributed by atoms with Gasteiger partial charge in [0.05, 0.1) is 0 Å². The molecule has 2 amide bonds. The van der Waals surface area contributed by atoms with E-state index in [0.29, 0.717) is 25.9 Å². The van der Waals surface area contributed by atoms with Crippen LogP contribution in [0.4, 0.5) is 0 Å². The van der Waals surface area contributed by atoms with Crippen LogP contribution in [0.3, 0.4) is 0 Å². The number of carbonyl (C=O) groups is 2. The average molecular weight is 646 g/mol. The molecule has 0 heterocycles. The van der Waals surface area contributed by atoms with Gasteiger partial charge in [0, 0.05) is 13.0 Å². The molecule has 46 heavy (non-hydrogen) atoms. The van der Waals surface area contributed by atoms with Crippen molar-refractivity contribution in [2.75, 3.05) is 13.1 Å². The summed E-state index contributed by atoms with van der Waals surface area (Å²) in [4.78, 5) is 25.3. The van der Waals surface area contributed by atoms with Crippen LogP contribution in [-0.2, 0) is 9.59 Å². The van der Waals surface area contributed by atoms with Crippen LogP contribution in [0.1, 0.15) is 206 Å². The van der Waals surface area contributed by atoms with Gasteiger partial charge in [-0.1, -0.05) is 147 Å². The monoisotopic (exact) mass is 646 g/mol. The third kappa shape index (κ3) is 33.7. The van der Waals surface area contributed by atoms with Crippen LogP contribution in [0.25, 0.3) is 0 Å². The zero-order valence-electron chi connectivity index (χ0n) is 30.9. The van der Waals surface area contributed by atoms with Crippen molar-refractivity contribution in [3.05, 3.63) is 24.3 Å². The fourth-order valence-electron chi connectivity index (χ4n) is 5.92. The molecule has 1 atom stereocenters. The average Bonchev–Trinajstić information content (AvgIpc) is 3.06. The molecule has 1 unspecified atom stereocenters. The molecule has 0 aromatic heterocycles. The number of carbonyl (C=O) groups excluding carboxylic acids is 2. The molecule has 0 radical (unpaired) electrons. The molecule has 0 aromatic carbocycles. The minimum Gasteiger partial charge on any atom is -0.354 e. The minimum absolute atomic E-state index is 0.00736. The molecule has 0 saturated carbocycles. The normalized spacial score (nSPS) is 12.3. The topological polar surface area (TPSA) is 84.2 Å². The maximum Gasteiger partial charge on any atom is 0.242 e. The Labute approximate surface area is 287 Å². The highest BCUT2D eigenvalue weighted by Crippen LogP contribution is 2.12. The van der Waals surface area contributed by atoms with Gasteiger partial charge in [0.1, 0.15) is 6.04 Å². The van der Waals surface area contributed by atoms with Gasteiger partial charge in [-0.2, -0.15) is 0 Å². The number of unbranched alkanes of at least 4 members (excludes halogenated alkanes) is 23. The van der Waals surface area contributed by atoms with Gasteiger partial charge in [-0.15, -0.1) is 0 Å². The van der Waals surface area contributed by atoms with Gasteiger partial charge in [0.15, 0.2) is 0 Å². The van der Waals surface area contributed by atoms with E-state index in [9.17, 15) is 9.59 Å². The highest BCUT2D eigenvalue weighted by atomic mass is 16.2. The molecule has 0 rings (SSSR count). The molecule has 0 aliphatic heterocycles. The number of hydrogen-bond acceptors (Lipinski definition) is 3. The van der Waals surface area contributed by atoms with Gasteiger partial charge < -0.3 is 16.4 Å². The van der Waals surface area contributed by atoms with E-state index < -0.39 is 6.04 Å². The highest BCUT2D eigenvalue weighted by Gasteiger charge is 2.19. The van der Waals surface area contributed by atoms with Gasteiger partial charge in [-0.05, 0) is 83.6 Å². The maximum absolute atomic E-state index is 12.8. The van der Waals surface area contributed by atoms with E-state index >= 15 is 0 Å². The van der Waals surface area contributed by atoms with Crippen LogP contribution in [0, 0.1) is 0 Å². The summed E-state index contributed by atoms with van der Waals surface area (Å²) in [5, 5.41) is 6.05. The molecule has 270 valence electrons. The molecule has 5 nitrogen and oxygen atoms in total. The Hall–Kier alpha value is -1.62. The summed E-state index contributed by atoms with van der Waals surface area (Å²) in [6, 6.07) is -0.465. The second kappa shape index (κ2) is 37.8. The smallest absolute Gasteiger partial charge is 0.242 e. The molecule has 0 fully saturated rings. The van der Waals surface area contributed by atoms with Crippen molar-refractivity contribution < 1.29 is 9.59 Å². The predicted octanol–water partition coefficient (Wildman–Crippen LogP) is 11.4. The molecule has 0 aromatic rings. The first-order valence-corrected chi connectivity index (χ1v) is 20.2. The first-order chi connectivity index (χ1) is 22.7. The Morgan fingerprint density at radius 2 is 0.913 bits per heavy atom. The summed E-state index contributed by atoms with van der Waals surface area (Å²) in [6.07, 6.45) is 45.4. The van der Waals surface area contributed by atoms with Crippen molar-refractivity contribution in [1.29, 1.82) is 0 Å².